The summed E-state index contributed by atoms with van der Waals surface area (Å²) in [4.78, 5) is 0. The first kappa shape index (κ1) is 7.79. The van der Waals surface area contributed by atoms with Gasteiger partial charge in [0.15, 0.2) is 0 Å². The predicted molar refractivity (Wildman–Crippen MR) is 53.1 cm³/mol. The lowest BCUT2D eigenvalue weighted by Gasteiger charge is -2.05. The van der Waals surface area contributed by atoms with Gasteiger partial charge in [0.05, 0.1) is 5.69 Å². The Morgan fingerprint density at radius 3 is 2.85 bits per heavy atom. The highest BCUT2D eigenvalue weighted by molar-refractivity contribution is 5.99. The number of hydrogen-bond acceptors (Lipinski definition) is 3. The maximum atomic E-state index is 9.47. The number of rotatable bonds is 1. The number of fused-ring (bicyclic) bond motifs is 1. The Hall–Kier alpha value is -1.84. The fourth-order valence-corrected chi connectivity index (χ4v) is 1.47. The molecule has 0 saturated carbocycles. The number of anilines is 2. The van der Waals surface area contributed by atoms with Crippen molar-refractivity contribution in [3.05, 3.63) is 24.4 Å². The maximum absolute atomic E-state index is 9.47. The Kier molecular flexibility index (Phi) is 1.55. The lowest BCUT2D eigenvalue weighted by atomic mass is 10.2. The summed E-state index contributed by atoms with van der Waals surface area (Å²) in [6, 6.07) is 5.43. The topological polar surface area (TPSA) is 63.2 Å². The Morgan fingerprint density at radius 1 is 1.38 bits per heavy atom. The van der Waals surface area contributed by atoms with E-state index in [-0.39, 0.29) is 0 Å². The van der Waals surface area contributed by atoms with Crippen molar-refractivity contribution in [2.75, 3.05) is 18.1 Å². The minimum Gasteiger partial charge on any atom is -0.428 e. The number of nitrogens with zero attached hydrogens (tertiary/aromatic N) is 1. The average molecular weight is 177 g/mol. The van der Waals surface area contributed by atoms with E-state index in [0.717, 1.165) is 15.8 Å². The van der Waals surface area contributed by atoms with Crippen molar-refractivity contribution in [2.24, 2.45) is 0 Å². The van der Waals surface area contributed by atoms with E-state index >= 15 is 0 Å². The highest BCUT2D eigenvalue weighted by atomic mass is 16.5. The Balaban J connectivity index is 2.88. The van der Waals surface area contributed by atoms with Gasteiger partial charge >= 0.3 is 0 Å². The molecule has 68 valence electrons. The third-order valence-corrected chi connectivity index (χ3v) is 2.13. The van der Waals surface area contributed by atoms with Gasteiger partial charge in [-0.1, -0.05) is 0 Å². The van der Waals surface area contributed by atoms with Crippen LogP contribution in [-0.4, -0.2) is 17.0 Å². The number of hydrogen-bond donors (Lipinski definition) is 3. The third kappa shape index (κ3) is 0.989. The first-order valence-electron chi connectivity index (χ1n) is 4.00. The van der Waals surface area contributed by atoms with Crippen LogP contribution in [0.25, 0.3) is 10.9 Å². The number of nitrogens with two attached hydrogens (primary N) is 1. The van der Waals surface area contributed by atoms with Crippen molar-refractivity contribution < 1.29 is 5.21 Å². The number of aromatic nitrogens is 1. The highest BCUT2D eigenvalue weighted by Crippen LogP contribution is 2.28. The monoisotopic (exact) mass is 177 g/mol. The molecule has 2 rings (SSSR count). The molecule has 0 amide bonds. The summed E-state index contributed by atoms with van der Waals surface area (Å²) in [5, 5.41) is 13.3. The van der Waals surface area contributed by atoms with E-state index in [4.69, 9.17) is 5.73 Å². The molecular formula is C9H11N3O. The van der Waals surface area contributed by atoms with Crippen molar-refractivity contribution >= 4 is 22.3 Å². The van der Waals surface area contributed by atoms with E-state index in [1.54, 1.807) is 19.3 Å². The molecule has 13 heavy (non-hydrogen) atoms. The summed E-state index contributed by atoms with van der Waals surface area (Å²) in [7, 11) is 1.80. The molecule has 2 aromatic rings. The first-order chi connectivity index (χ1) is 6.24. The van der Waals surface area contributed by atoms with E-state index in [0.29, 0.717) is 11.2 Å². The van der Waals surface area contributed by atoms with Crippen LogP contribution < -0.4 is 11.1 Å². The van der Waals surface area contributed by atoms with Crippen LogP contribution in [0.1, 0.15) is 0 Å². The van der Waals surface area contributed by atoms with Gasteiger partial charge in [0.1, 0.15) is 5.52 Å². The Bertz CT molecular complexity index is 447. The van der Waals surface area contributed by atoms with E-state index in [2.05, 4.69) is 5.32 Å². The molecule has 0 atom stereocenters. The Morgan fingerprint density at radius 2 is 2.15 bits per heavy atom. The standard InChI is InChI=1S/C9H11N3O/c1-11-8-3-2-7(10)6-4-5-12(13)9(6)8/h2-5,11,13H,10H2,1H3. The van der Waals surface area contributed by atoms with Crippen molar-refractivity contribution in [1.82, 2.24) is 4.73 Å². The van der Waals surface area contributed by atoms with E-state index in [9.17, 15) is 5.21 Å². The van der Waals surface area contributed by atoms with Crippen LogP contribution >= 0.6 is 0 Å². The molecule has 0 saturated heterocycles. The summed E-state index contributed by atoms with van der Waals surface area (Å²) < 4.78 is 1.07. The summed E-state index contributed by atoms with van der Waals surface area (Å²) >= 11 is 0. The largest absolute Gasteiger partial charge is 0.428 e. The van der Waals surface area contributed by atoms with E-state index in [1.807, 2.05) is 12.1 Å². The first-order valence-corrected chi connectivity index (χ1v) is 4.00. The van der Waals surface area contributed by atoms with Gasteiger partial charge in [0.25, 0.3) is 0 Å². The van der Waals surface area contributed by atoms with Gasteiger partial charge in [-0.15, -0.1) is 0 Å². The SMILES string of the molecule is CNc1ccc(N)c2ccn(O)c12. The molecule has 1 heterocycles. The van der Waals surface area contributed by atoms with E-state index < -0.39 is 0 Å². The smallest absolute Gasteiger partial charge is 0.112 e. The molecule has 1 aromatic carbocycles. The quantitative estimate of drug-likeness (QED) is 0.457. The van der Waals surface area contributed by atoms with Gasteiger partial charge in [-0.2, -0.15) is 4.73 Å². The third-order valence-electron chi connectivity index (χ3n) is 2.13. The van der Waals surface area contributed by atoms with Gasteiger partial charge < -0.3 is 16.3 Å². The molecule has 4 nitrogen and oxygen atoms in total. The molecule has 0 aliphatic rings. The Labute approximate surface area is 75.5 Å². The average Bonchev–Trinajstić information content (AvgIpc) is 2.51. The van der Waals surface area contributed by atoms with Gasteiger partial charge in [-0.3, -0.25) is 0 Å². The molecule has 4 heteroatoms. The second-order valence-corrected chi connectivity index (χ2v) is 2.87. The van der Waals surface area contributed by atoms with Crippen molar-refractivity contribution in [3.8, 4) is 0 Å². The van der Waals surface area contributed by atoms with E-state index in [1.165, 1.54) is 0 Å². The molecule has 0 bridgehead atoms. The minimum atomic E-state index is 0.668. The van der Waals surface area contributed by atoms with Crippen molar-refractivity contribution in [1.29, 1.82) is 0 Å². The van der Waals surface area contributed by atoms with Crippen molar-refractivity contribution in [2.45, 2.75) is 0 Å². The number of nitrogen functional groups attached to an aromatic ring is 1. The molecule has 1 aromatic heterocycles. The minimum absolute atomic E-state index is 0.668. The molecular weight excluding hydrogens is 166 g/mol. The summed E-state index contributed by atoms with van der Waals surface area (Å²) in [6.45, 7) is 0. The zero-order valence-corrected chi connectivity index (χ0v) is 7.28. The lowest BCUT2D eigenvalue weighted by Crippen LogP contribution is -1.96. The molecule has 0 unspecified atom stereocenters. The molecule has 0 aliphatic carbocycles. The molecule has 0 spiro atoms. The van der Waals surface area contributed by atoms with Crippen molar-refractivity contribution in [3.63, 3.8) is 0 Å². The van der Waals surface area contributed by atoms with Gasteiger partial charge in [-0.25, -0.2) is 0 Å². The number of benzene rings is 1. The molecule has 0 aliphatic heterocycles. The summed E-state index contributed by atoms with van der Waals surface area (Å²) in [5.41, 5.74) is 7.98. The van der Waals surface area contributed by atoms with Crippen LogP contribution in [0.5, 0.6) is 0 Å². The van der Waals surface area contributed by atoms with Crippen LogP contribution in [0, 0.1) is 0 Å². The van der Waals surface area contributed by atoms with Crippen LogP contribution in [0.15, 0.2) is 24.4 Å². The highest BCUT2D eigenvalue weighted by Gasteiger charge is 2.07. The normalized spacial score (nSPS) is 10.5. The fraction of sp³-hybridized carbons (Fsp3) is 0.111. The van der Waals surface area contributed by atoms with Gasteiger partial charge in [0, 0.05) is 24.3 Å². The van der Waals surface area contributed by atoms with Crippen LogP contribution in [0.4, 0.5) is 11.4 Å². The predicted octanol–water partition coefficient (Wildman–Crippen LogP) is 1.50. The molecule has 0 radical (unpaired) electrons. The summed E-state index contributed by atoms with van der Waals surface area (Å²) in [5.74, 6) is 0. The molecule has 0 fully saturated rings. The van der Waals surface area contributed by atoms with Crippen LogP contribution in [0.2, 0.25) is 0 Å². The van der Waals surface area contributed by atoms with Crippen LogP contribution in [-0.2, 0) is 0 Å². The zero-order valence-electron chi connectivity index (χ0n) is 7.28. The maximum Gasteiger partial charge on any atom is 0.112 e. The second kappa shape index (κ2) is 2.58. The van der Waals surface area contributed by atoms with Gasteiger partial charge in [0.2, 0.25) is 0 Å². The lowest BCUT2D eigenvalue weighted by molar-refractivity contribution is 0.200. The molecule has 4 N–H and O–H groups in total. The fourth-order valence-electron chi connectivity index (χ4n) is 1.47. The second-order valence-electron chi connectivity index (χ2n) is 2.87. The number of nitrogens with one attached hydrogen (secondary N) is 1. The summed E-state index contributed by atoms with van der Waals surface area (Å²) in [6.07, 6.45) is 1.57. The van der Waals surface area contributed by atoms with Crippen LogP contribution in [0.3, 0.4) is 0 Å². The van der Waals surface area contributed by atoms with Gasteiger partial charge in [-0.05, 0) is 18.2 Å². The zero-order chi connectivity index (χ0) is 9.42.